The standard InChI is InChI=1S/C9H13NO3S.C8H17NO3S.Na/c11-14(12,13)8-4-7-10-9-5-2-1-3-6-9;10-13(11,12)8-4-7-9-5-2-1-3-6-9;/h1-3,5-6,10H,4,7-8H2,(H,11,12,13);1-8H2,(H,10,11,12);/q;;+1/p-1. The first-order valence-electron chi connectivity index (χ1n) is 9.06. The summed E-state index contributed by atoms with van der Waals surface area (Å²) in [6, 6.07) is 9.42. The first-order chi connectivity index (χ1) is 12.7. The molecule has 2 N–H and O–H groups in total. The molecule has 8 nitrogen and oxygen atoms in total. The third kappa shape index (κ3) is 16.7. The van der Waals surface area contributed by atoms with E-state index in [-0.39, 0.29) is 41.1 Å². The van der Waals surface area contributed by atoms with Crippen molar-refractivity contribution in [3.8, 4) is 0 Å². The summed E-state index contributed by atoms with van der Waals surface area (Å²) in [4.78, 5) is 2.26. The van der Waals surface area contributed by atoms with E-state index in [0.717, 1.165) is 25.3 Å². The van der Waals surface area contributed by atoms with Gasteiger partial charge in [0.05, 0.1) is 15.9 Å². The average molecular weight is 445 g/mol. The zero-order valence-corrected chi connectivity index (χ0v) is 20.1. The van der Waals surface area contributed by atoms with Gasteiger partial charge >= 0.3 is 29.6 Å². The quantitative estimate of drug-likeness (QED) is 0.276. The zero-order chi connectivity index (χ0) is 20.2. The molecule has 1 saturated heterocycles. The number of hydrogen-bond donors (Lipinski definition) is 2. The van der Waals surface area contributed by atoms with Gasteiger partial charge in [0.1, 0.15) is 0 Å². The maximum absolute atomic E-state index is 10.4. The minimum atomic E-state index is -4.07. The summed E-state index contributed by atoms with van der Waals surface area (Å²) in [5, 5.41) is 3.01. The molecule has 0 amide bonds. The fourth-order valence-corrected chi connectivity index (χ4v) is 3.68. The van der Waals surface area contributed by atoms with E-state index in [1.165, 1.54) is 19.3 Å². The van der Waals surface area contributed by atoms with E-state index in [2.05, 4.69) is 10.2 Å². The predicted molar refractivity (Wildman–Crippen MR) is 105 cm³/mol. The van der Waals surface area contributed by atoms with Gasteiger partial charge in [0.25, 0.3) is 10.1 Å². The molecule has 156 valence electrons. The summed E-state index contributed by atoms with van der Waals surface area (Å²) >= 11 is 0. The number of piperidine rings is 1. The number of hydrogen-bond acceptors (Lipinski definition) is 7. The molecule has 0 aromatic heterocycles. The smallest absolute Gasteiger partial charge is 0.748 e. The molecule has 0 radical (unpaired) electrons. The largest absolute Gasteiger partial charge is 1.00 e. The van der Waals surface area contributed by atoms with E-state index in [1.54, 1.807) is 0 Å². The van der Waals surface area contributed by atoms with Crippen LogP contribution < -0.4 is 34.9 Å². The number of likely N-dealkylation sites (tertiary alicyclic amines) is 1. The number of nitrogens with one attached hydrogen (secondary N) is 1. The fourth-order valence-electron chi connectivity index (χ4n) is 2.69. The third-order valence-corrected chi connectivity index (χ3v) is 5.59. The van der Waals surface area contributed by atoms with Gasteiger partial charge in [-0.2, -0.15) is 8.42 Å². The summed E-state index contributed by atoms with van der Waals surface area (Å²) < 4.78 is 60.1. The van der Waals surface area contributed by atoms with Crippen molar-refractivity contribution >= 4 is 25.9 Å². The van der Waals surface area contributed by atoms with Crippen molar-refractivity contribution in [3.05, 3.63) is 30.3 Å². The Kier molecular flexibility index (Phi) is 14.6. The third-order valence-electron chi connectivity index (χ3n) is 4.00. The second kappa shape index (κ2) is 14.7. The van der Waals surface area contributed by atoms with Crippen LogP contribution in [0.25, 0.3) is 0 Å². The van der Waals surface area contributed by atoms with Crippen LogP contribution >= 0.6 is 0 Å². The maximum Gasteiger partial charge on any atom is 1.00 e. The summed E-state index contributed by atoms with van der Waals surface area (Å²) in [6.07, 6.45) is 4.59. The number of anilines is 1. The normalized spacial score (nSPS) is 15.1. The van der Waals surface area contributed by atoms with E-state index >= 15 is 0 Å². The Bertz CT molecular complexity index is 723. The summed E-state index contributed by atoms with van der Waals surface area (Å²) in [6.45, 7) is 3.43. The molecule has 0 aliphatic carbocycles. The van der Waals surface area contributed by atoms with Gasteiger partial charge < -0.3 is 14.8 Å². The van der Waals surface area contributed by atoms with Gasteiger partial charge in [-0.25, -0.2) is 8.42 Å². The Morgan fingerprint density at radius 2 is 1.57 bits per heavy atom. The first kappa shape index (κ1) is 27.8. The van der Waals surface area contributed by atoms with Crippen molar-refractivity contribution in [2.24, 2.45) is 0 Å². The van der Waals surface area contributed by atoms with Crippen molar-refractivity contribution in [3.63, 3.8) is 0 Å². The van der Waals surface area contributed by atoms with E-state index < -0.39 is 20.2 Å². The van der Waals surface area contributed by atoms with Gasteiger partial charge in [0.15, 0.2) is 0 Å². The zero-order valence-electron chi connectivity index (χ0n) is 16.4. The second-order valence-electron chi connectivity index (χ2n) is 6.45. The molecule has 1 fully saturated rings. The topological polar surface area (TPSA) is 127 Å². The van der Waals surface area contributed by atoms with Crippen molar-refractivity contribution in [1.82, 2.24) is 4.90 Å². The van der Waals surface area contributed by atoms with E-state index in [4.69, 9.17) is 4.55 Å². The molecule has 0 unspecified atom stereocenters. The van der Waals surface area contributed by atoms with Gasteiger partial charge in [-0.05, 0) is 57.5 Å². The van der Waals surface area contributed by atoms with Crippen LogP contribution in [0, 0.1) is 0 Å². The Morgan fingerprint density at radius 3 is 2.11 bits per heavy atom. The molecule has 0 saturated carbocycles. The van der Waals surface area contributed by atoms with Crippen molar-refractivity contribution < 1.29 is 55.5 Å². The predicted octanol–water partition coefficient (Wildman–Crippen LogP) is -1.21. The van der Waals surface area contributed by atoms with Gasteiger partial charge in [-0.15, -0.1) is 0 Å². The molecule has 2 rings (SSSR count). The maximum atomic E-state index is 10.4. The van der Waals surface area contributed by atoms with Crippen molar-refractivity contribution in [1.29, 1.82) is 0 Å². The van der Waals surface area contributed by atoms with Gasteiger partial charge in [0, 0.05) is 18.0 Å². The minimum Gasteiger partial charge on any atom is -0.748 e. The van der Waals surface area contributed by atoms with Crippen LogP contribution in [0.1, 0.15) is 32.1 Å². The monoisotopic (exact) mass is 444 g/mol. The van der Waals surface area contributed by atoms with E-state index in [9.17, 15) is 21.4 Å². The molecule has 28 heavy (non-hydrogen) atoms. The van der Waals surface area contributed by atoms with Crippen molar-refractivity contribution in [2.75, 3.05) is 43.0 Å². The molecule has 1 aromatic carbocycles. The number of rotatable bonds is 9. The molecule has 0 spiro atoms. The van der Waals surface area contributed by atoms with Crippen LogP contribution in [0.2, 0.25) is 0 Å². The molecule has 1 aliphatic heterocycles. The second-order valence-corrected chi connectivity index (χ2v) is 9.55. The number of benzene rings is 1. The van der Waals surface area contributed by atoms with Gasteiger partial charge in [-0.3, -0.25) is 4.55 Å². The molecular weight excluding hydrogens is 415 g/mol. The molecule has 1 aliphatic rings. The fraction of sp³-hybridized carbons (Fsp3) is 0.647. The SMILES string of the molecule is O=S(=O)(O)CCCN1CCCCC1.O=S(=O)([O-])CCCNc1ccccc1.[Na+]. The Balaban J connectivity index is 0.000000504. The number of nitrogens with zero attached hydrogens (tertiary/aromatic N) is 1. The Morgan fingerprint density at radius 1 is 0.964 bits per heavy atom. The van der Waals surface area contributed by atoms with E-state index in [0.29, 0.717) is 19.4 Å². The van der Waals surface area contributed by atoms with Crippen LogP contribution in [0.3, 0.4) is 0 Å². The van der Waals surface area contributed by atoms with E-state index in [1.807, 2.05) is 30.3 Å². The number of para-hydroxylation sites is 1. The average Bonchev–Trinajstić information content (AvgIpc) is 2.59. The molecule has 1 heterocycles. The summed E-state index contributed by atoms with van der Waals surface area (Å²) in [5.74, 6) is -0.420. The van der Waals surface area contributed by atoms with Gasteiger partial charge in [-0.1, -0.05) is 24.6 Å². The summed E-state index contributed by atoms with van der Waals surface area (Å²) in [7, 11) is -7.82. The molecule has 11 heteroatoms. The van der Waals surface area contributed by atoms with Crippen LogP contribution in [-0.4, -0.2) is 68.5 Å². The van der Waals surface area contributed by atoms with Crippen molar-refractivity contribution in [2.45, 2.75) is 32.1 Å². The molecular formula is C17H29N2NaO6S2. The van der Waals surface area contributed by atoms with Crippen LogP contribution in [0.5, 0.6) is 0 Å². The first-order valence-corrected chi connectivity index (χ1v) is 12.2. The van der Waals surface area contributed by atoms with Crippen LogP contribution in [0.15, 0.2) is 30.3 Å². The molecule has 0 bridgehead atoms. The molecule has 0 atom stereocenters. The Hall–Kier alpha value is -0.200. The molecule has 1 aromatic rings. The van der Waals surface area contributed by atoms with Crippen LogP contribution in [-0.2, 0) is 20.2 Å². The van der Waals surface area contributed by atoms with Crippen LogP contribution in [0.4, 0.5) is 5.69 Å². The van der Waals surface area contributed by atoms with Gasteiger partial charge in [0.2, 0.25) is 0 Å². The summed E-state index contributed by atoms with van der Waals surface area (Å²) in [5.41, 5.74) is 0.927. The minimum absolute atomic E-state index is 0. The Labute approximate surface area is 190 Å².